The summed E-state index contributed by atoms with van der Waals surface area (Å²) in [6.07, 6.45) is 0.915. The molecule has 6 heteroatoms. The molecule has 2 atom stereocenters. The summed E-state index contributed by atoms with van der Waals surface area (Å²) in [5, 5.41) is 3.20. The molecule has 0 amide bonds. The van der Waals surface area contributed by atoms with Gasteiger partial charge >= 0.3 is 0 Å². The monoisotopic (exact) mass is 286 g/mol. The van der Waals surface area contributed by atoms with Gasteiger partial charge in [0.25, 0.3) is 0 Å². The van der Waals surface area contributed by atoms with Crippen molar-refractivity contribution in [3.8, 4) is 0 Å². The molecule has 2 rings (SSSR count). The van der Waals surface area contributed by atoms with Gasteiger partial charge in [0.15, 0.2) is 0 Å². The van der Waals surface area contributed by atoms with Crippen molar-refractivity contribution in [3.05, 3.63) is 17.6 Å². The second-order valence-electron chi connectivity index (χ2n) is 5.61. The highest BCUT2D eigenvalue weighted by molar-refractivity contribution is 7.89. The Hall–Kier alpha value is -0.850. The molecule has 0 bridgehead atoms. The van der Waals surface area contributed by atoms with Crippen LogP contribution >= 0.6 is 0 Å². The van der Waals surface area contributed by atoms with Crippen LogP contribution in [0.4, 0.5) is 0 Å². The zero-order valence-electron chi connectivity index (χ0n) is 11.9. The fourth-order valence-electron chi connectivity index (χ4n) is 1.93. The fraction of sp³-hybridized carbons (Fsp3) is 0.692. The van der Waals surface area contributed by atoms with Crippen LogP contribution in [-0.2, 0) is 16.6 Å². The van der Waals surface area contributed by atoms with Gasteiger partial charge in [-0.1, -0.05) is 20.8 Å². The molecule has 0 aliphatic heterocycles. The molecular weight excluding hydrogens is 264 g/mol. The molecule has 0 aromatic carbocycles. The standard InChI is InChI=1S/C13H22N2O3S/c1-8(2)14-7-11-6-13(10(4)18-11)19(16,17)15-12-5-9(12)3/h6,8-9,12,14-15H,5,7H2,1-4H3. The van der Waals surface area contributed by atoms with E-state index < -0.39 is 10.0 Å². The van der Waals surface area contributed by atoms with Gasteiger partial charge in [-0.2, -0.15) is 0 Å². The van der Waals surface area contributed by atoms with E-state index in [1.807, 2.05) is 20.8 Å². The minimum atomic E-state index is -3.45. The normalized spacial score (nSPS) is 23.0. The second-order valence-corrected chi connectivity index (χ2v) is 7.29. The lowest BCUT2D eigenvalue weighted by Crippen LogP contribution is -2.27. The topological polar surface area (TPSA) is 71.3 Å². The van der Waals surface area contributed by atoms with Crippen LogP contribution in [0.1, 0.15) is 38.7 Å². The van der Waals surface area contributed by atoms with Crippen LogP contribution in [0.3, 0.4) is 0 Å². The van der Waals surface area contributed by atoms with Gasteiger partial charge in [0, 0.05) is 18.2 Å². The third-order valence-corrected chi connectivity index (χ3v) is 4.91. The number of sulfonamides is 1. The number of hydrogen-bond acceptors (Lipinski definition) is 4. The van der Waals surface area contributed by atoms with Gasteiger partial charge in [-0.3, -0.25) is 0 Å². The molecule has 1 heterocycles. The summed E-state index contributed by atoms with van der Waals surface area (Å²) in [7, 11) is -3.45. The van der Waals surface area contributed by atoms with E-state index in [4.69, 9.17) is 4.42 Å². The van der Waals surface area contributed by atoms with E-state index in [2.05, 4.69) is 10.0 Å². The Bertz CT molecular complexity index is 548. The van der Waals surface area contributed by atoms with Crippen molar-refractivity contribution in [2.75, 3.05) is 0 Å². The second kappa shape index (κ2) is 5.26. The average molecular weight is 286 g/mol. The Labute approximate surface area is 114 Å². The molecule has 2 N–H and O–H groups in total. The Kier molecular flexibility index (Phi) is 4.03. The molecule has 1 aliphatic carbocycles. The Balaban J connectivity index is 2.11. The molecule has 0 saturated heterocycles. The Morgan fingerprint density at radius 2 is 2.11 bits per heavy atom. The maximum Gasteiger partial charge on any atom is 0.244 e. The number of aryl methyl sites for hydroxylation is 1. The molecule has 108 valence electrons. The summed E-state index contributed by atoms with van der Waals surface area (Å²) in [6, 6.07) is 2.02. The predicted molar refractivity (Wildman–Crippen MR) is 73.3 cm³/mol. The van der Waals surface area contributed by atoms with E-state index in [-0.39, 0.29) is 10.9 Å². The molecule has 19 heavy (non-hydrogen) atoms. The van der Waals surface area contributed by atoms with Gasteiger partial charge in [-0.05, 0) is 19.3 Å². The molecule has 0 radical (unpaired) electrons. The molecule has 1 aliphatic rings. The van der Waals surface area contributed by atoms with Crippen molar-refractivity contribution in [1.82, 2.24) is 10.0 Å². The van der Waals surface area contributed by atoms with E-state index in [0.717, 1.165) is 6.42 Å². The largest absolute Gasteiger partial charge is 0.464 e. The van der Waals surface area contributed by atoms with E-state index in [1.165, 1.54) is 0 Å². The van der Waals surface area contributed by atoms with Crippen molar-refractivity contribution in [1.29, 1.82) is 0 Å². The summed E-state index contributed by atoms with van der Waals surface area (Å²) in [5.41, 5.74) is 0. The molecule has 1 aromatic rings. The van der Waals surface area contributed by atoms with Crippen LogP contribution < -0.4 is 10.0 Å². The lowest BCUT2D eigenvalue weighted by atomic mass is 10.3. The minimum absolute atomic E-state index is 0.0801. The molecule has 0 spiro atoms. The minimum Gasteiger partial charge on any atom is -0.464 e. The first kappa shape index (κ1) is 14.6. The summed E-state index contributed by atoms with van der Waals surface area (Å²) in [6.45, 7) is 8.32. The predicted octanol–water partition coefficient (Wildman–Crippen LogP) is 1.77. The quantitative estimate of drug-likeness (QED) is 0.836. The first-order chi connectivity index (χ1) is 8.79. The van der Waals surface area contributed by atoms with Crippen molar-refractivity contribution in [2.24, 2.45) is 5.92 Å². The van der Waals surface area contributed by atoms with Crippen LogP contribution in [0.5, 0.6) is 0 Å². The molecule has 1 aromatic heterocycles. The molecule has 5 nitrogen and oxygen atoms in total. The van der Waals surface area contributed by atoms with Crippen molar-refractivity contribution in [2.45, 2.75) is 57.6 Å². The first-order valence-electron chi connectivity index (χ1n) is 6.64. The van der Waals surface area contributed by atoms with Gasteiger partial charge in [0.2, 0.25) is 10.0 Å². The van der Waals surface area contributed by atoms with Gasteiger partial charge in [-0.15, -0.1) is 0 Å². The highest BCUT2D eigenvalue weighted by atomic mass is 32.2. The average Bonchev–Trinajstić information content (AvgIpc) is 2.82. The van der Waals surface area contributed by atoms with Crippen LogP contribution in [-0.4, -0.2) is 20.5 Å². The number of rotatable bonds is 6. The number of hydrogen-bond donors (Lipinski definition) is 2. The lowest BCUT2D eigenvalue weighted by molar-refractivity contribution is 0.444. The highest BCUT2D eigenvalue weighted by Crippen LogP contribution is 2.31. The highest BCUT2D eigenvalue weighted by Gasteiger charge is 2.37. The van der Waals surface area contributed by atoms with Gasteiger partial charge in [-0.25, -0.2) is 13.1 Å². The lowest BCUT2D eigenvalue weighted by Gasteiger charge is -2.04. The third-order valence-electron chi connectivity index (χ3n) is 3.31. The summed E-state index contributed by atoms with van der Waals surface area (Å²) < 4.78 is 32.6. The van der Waals surface area contributed by atoms with Crippen molar-refractivity contribution >= 4 is 10.0 Å². The van der Waals surface area contributed by atoms with E-state index in [9.17, 15) is 8.42 Å². The van der Waals surface area contributed by atoms with Crippen molar-refractivity contribution in [3.63, 3.8) is 0 Å². The zero-order chi connectivity index (χ0) is 14.2. The maximum atomic E-state index is 12.2. The maximum absolute atomic E-state index is 12.2. The number of furan rings is 1. The van der Waals surface area contributed by atoms with Crippen molar-refractivity contribution < 1.29 is 12.8 Å². The summed E-state index contributed by atoms with van der Waals surface area (Å²) in [4.78, 5) is 0.257. The summed E-state index contributed by atoms with van der Waals surface area (Å²) in [5.74, 6) is 1.53. The van der Waals surface area contributed by atoms with Gasteiger partial charge < -0.3 is 9.73 Å². The van der Waals surface area contributed by atoms with Crippen LogP contribution in [0.2, 0.25) is 0 Å². The summed E-state index contributed by atoms with van der Waals surface area (Å²) >= 11 is 0. The van der Waals surface area contributed by atoms with Gasteiger partial charge in [0.1, 0.15) is 16.4 Å². The SMILES string of the molecule is Cc1oc(CNC(C)C)cc1S(=O)(=O)NC1CC1C. The molecule has 2 unspecified atom stereocenters. The van der Waals surface area contributed by atoms with E-state index >= 15 is 0 Å². The van der Waals surface area contributed by atoms with Crippen LogP contribution in [0.15, 0.2) is 15.4 Å². The Morgan fingerprint density at radius 3 is 2.63 bits per heavy atom. The first-order valence-corrected chi connectivity index (χ1v) is 8.13. The van der Waals surface area contributed by atoms with Crippen LogP contribution in [0, 0.1) is 12.8 Å². The zero-order valence-corrected chi connectivity index (χ0v) is 12.7. The third kappa shape index (κ3) is 3.58. The van der Waals surface area contributed by atoms with E-state index in [0.29, 0.717) is 30.0 Å². The van der Waals surface area contributed by atoms with Gasteiger partial charge in [0.05, 0.1) is 6.54 Å². The smallest absolute Gasteiger partial charge is 0.244 e. The molecular formula is C13H22N2O3S. The van der Waals surface area contributed by atoms with E-state index in [1.54, 1.807) is 13.0 Å². The fourth-order valence-corrected chi connectivity index (χ4v) is 3.49. The number of nitrogens with one attached hydrogen (secondary N) is 2. The molecule has 1 fully saturated rings. The Morgan fingerprint density at radius 1 is 1.47 bits per heavy atom. The molecule has 1 saturated carbocycles. The van der Waals surface area contributed by atoms with Crippen LogP contribution in [0.25, 0.3) is 0 Å².